The Morgan fingerprint density at radius 1 is 1.69 bits per heavy atom. The second kappa shape index (κ2) is 4.58. The van der Waals surface area contributed by atoms with Gasteiger partial charge in [0.2, 0.25) is 5.91 Å². The van der Waals surface area contributed by atoms with Gasteiger partial charge in [0.1, 0.15) is 0 Å². The third-order valence-corrected chi connectivity index (χ3v) is 2.37. The second-order valence-electron chi connectivity index (χ2n) is 3.83. The van der Waals surface area contributed by atoms with Crippen LogP contribution in [0.5, 0.6) is 0 Å². The molecule has 0 aromatic rings. The van der Waals surface area contributed by atoms with Crippen molar-refractivity contribution in [3.05, 3.63) is 0 Å². The van der Waals surface area contributed by atoms with Gasteiger partial charge in [-0.1, -0.05) is 6.92 Å². The zero-order valence-corrected chi connectivity index (χ0v) is 8.42. The van der Waals surface area contributed by atoms with E-state index in [4.69, 9.17) is 5.73 Å². The summed E-state index contributed by atoms with van der Waals surface area (Å²) in [6.45, 7) is 6.28. The molecule has 3 N–H and O–H groups in total. The first kappa shape index (κ1) is 10.5. The minimum atomic E-state index is 0.112. The molecule has 0 saturated carbocycles. The monoisotopic (exact) mass is 185 g/mol. The SMILES string of the molecule is CC[C@@H](C)NC(=O)CN1CC(N)C1. The maximum atomic E-state index is 11.3. The molecule has 1 heterocycles. The van der Waals surface area contributed by atoms with Crippen LogP contribution >= 0.6 is 0 Å². The smallest absolute Gasteiger partial charge is 0.234 e. The number of rotatable bonds is 4. The van der Waals surface area contributed by atoms with E-state index in [1.807, 2.05) is 6.92 Å². The van der Waals surface area contributed by atoms with E-state index < -0.39 is 0 Å². The van der Waals surface area contributed by atoms with E-state index in [2.05, 4.69) is 17.1 Å². The first-order valence-corrected chi connectivity index (χ1v) is 4.89. The molecule has 1 aliphatic heterocycles. The summed E-state index contributed by atoms with van der Waals surface area (Å²) < 4.78 is 0. The fourth-order valence-electron chi connectivity index (χ4n) is 1.36. The van der Waals surface area contributed by atoms with Crippen LogP contribution in [0.15, 0.2) is 0 Å². The Kier molecular flexibility index (Phi) is 3.69. The molecule has 0 unspecified atom stereocenters. The molecule has 1 fully saturated rings. The molecule has 1 rings (SSSR count). The van der Waals surface area contributed by atoms with Crippen molar-refractivity contribution in [3.63, 3.8) is 0 Å². The molecule has 76 valence electrons. The Bertz CT molecular complexity index is 178. The summed E-state index contributed by atoms with van der Waals surface area (Å²) in [6.07, 6.45) is 0.977. The molecule has 13 heavy (non-hydrogen) atoms. The fraction of sp³-hybridized carbons (Fsp3) is 0.889. The molecule has 1 aliphatic rings. The molecule has 0 aromatic carbocycles. The van der Waals surface area contributed by atoms with Gasteiger partial charge in [-0.05, 0) is 13.3 Å². The van der Waals surface area contributed by atoms with Crippen molar-refractivity contribution in [1.29, 1.82) is 0 Å². The summed E-state index contributed by atoms with van der Waals surface area (Å²) in [7, 11) is 0. The van der Waals surface area contributed by atoms with E-state index in [0.29, 0.717) is 6.54 Å². The van der Waals surface area contributed by atoms with Crippen molar-refractivity contribution in [3.8, 4) is 0 Å². The highest BCUT2D eigenvalue weighted by Crippen LogP contribution is 2.03. The highest BCUT2D eigenvalue weighted by molar-refractivity contribution is 5.78. The molecule has 1 amide bonds. The number of nitrogens with one attached hydrogen (secondary N) is 1. The van der Waals surface area contributed by atoms with Gasteiger partial charge in [0.05, 0.1) is 6.54 Å². The summed E-state index contributed by atoms with van der Waals surface area (Å²) in [6, 6.07) is 0.554. The summed E-state index contributed by atoms with van der Waals surface area (Å²) >= 11 is 0. The van der Waals surface area contributed by atoms with Gasteiger partial charge in [-0.2, -0.15) is 0 Å². The predicted molar refractivity (Wildman–Crippen MR) is 52.3 cm³/mol. The minimum absolute atomic E-state index is 0.112. The van der Waals surface area contributed by atoms with E-state index in [0.717, 1.165) is 19.5 Å². The van der Waals surface area contributed by atoms with Crippen LogP contribution in [-0.4, -0.2) is 42.5 Å². The molecular weight excluding hydrogens is 166 g/mol. The average molecular weight is 185 g/mol. The number of likely N-dealkylation sites (tertiary alicyclic amines) is 1. The molecule has 0 radical (unpaired) electrons. The molecule has 0 spiro atoms. The number of amides is 1. The minimum Gasteiger partial charge on any atom is -0.353 e. The normalized spacial score (nSPS) is 20.8. The van der Waals surface area contributed by atoms with Crippen molar-refractivity contribution in [1.82, 2.24) is 10.2 Å². The Balaban J connectivity index is 2.11. The Labute approximate surface area is 79.5 Å². The van der Waals surface area contributed by atoms with E-state index >= 15 is 0 Å². The van der Waals surface area contributed by atoms with Gasteiger partial charge in [0.25, 0.3) is 0 Å². The summed E-state index contributed by atoms with van der Waals surface area (Å²) in [5.74, 6) is 0.112. The van der Waals surface area contributed by atoms with Crippen LogP contribution in [-0.2, 0) is 4.79 Å². The van der Waals surface area contributed by atoms with Gasteiger partial charge in [0, 0.05) is 25.2 Å². The summed E-state index contributed by atoms with van der Waals surface area (Å²) in [5, 5.41) is 2.92. The molecule has 1 atom stereocenters. The van der Waals surface area contributed by atoms with Gasteiger partial charge < -0.3 is 11.1 Å². The third-order valence-electron chi connectivity index (χ3n) is 2.37. The van der Waals surface area contributed by atoms with E-state index in [-0.39, 0.29) is 18.0 Å². The number of carbonyl (C=O) groups excluding carboxylic acids is 1. The lowest BCUT2D eigenvalue weighted by Crippen LogP contribution is -2.58. The number of carbonyl (C=O) groups is 1. The topological polar surface area (TPSA) is 58.4 Å². The number of nitrogens with zero attached hydrogens (tertiary/aromatic N) is 1. The van der Waals surface area contributed by atoms with Crippen molar-refractivity contribution in [2.24, 2.45) is 5.73 Å². The van der Waals surface area contributed by atoms with Crippen LogP contribution in [0, 0.1) is 0 Å². The highest BCUT2D eigenvalue weighted by Gasteiger charge is 2.24. The van der Waals surface area contributed by atoms with Gasteiger partial charge in [0.15, 0.2) is 0 Å². The Morgan fingerprint density at radius 2 is 2.31 bits per heavy atom. The number of hydrogen-bond donors (Lipinski definition) is 2. The number of hydrogen-bond acceptors (Lipinski definition) is 3. The molecule has 0 bridgehead atoms. The molecule has 0 aliphatic carbocycles. The molecular formula is C9H19N3O. The largest absolute Gasteiger partial charge is 0.353 e. The molecule has 1 saturated heterocycles. The van der Waals surface area contributed by atoms with Gasteiger partial charge in [-0.25, -0.2) is 0 Å². The van der Waals surface area contributed by atoms with E-state index in [1.54, 1.807) is 0 Å². The third kappa shape index (κ3) is 3.32. The lowest BCUT2D eigenvalue weighted by Gasteiger charge is -2.36. The standard InChI is InChI=1S/C9H19N3O/c1-3-7(2)11-9(13)6-12-4-8(10)5-12/h7-8H,3-6,10H2,1-2H3,(H,11,13)/t7-/m1/s1. The summed E-state index contributed by atoms with van der Waals surface area (Å²) in [5.41, 5.74) is 5.60. The van der Waals surface area contributed by atoms with Crippen molar-refractivity contribution in [2.75, 3.05) is 19.6 Å². The second-order valence-corrected chi connectivity index (χ2v) is 3.83. The molecule has 4 heteroatoms. The summed E-state index contributed by atoms with van der Waals surface area (Å²) in [4.78, 5) is 13.4. The van der Waals surface area contributed by atoms with E-state index in [1.165, 1.54) is 0 Å². The maximum Gasteiger partial charge on any atom is 0.234 e. The first-order chi connectivity index (χ1) is 6.11. The Morgan fingerprint density at radius 3 is 2.77 bits per heavy atom. The van der Waals surface area contributed by atoms with Crippen LogP contribution in [0.4, 0.5) is 0 Å². The average Bonchev–Trinajstić information content (AvgIpc) is 2.01. The van der Waals surface area contributed by atoms with Crippen LogP contribution in [0.3, 0.4) is 0 Å². The molecule has 4 nitrogen and oxygen atoms in total. The van der Waals surface area contributed by atoms with Crippen LogP contribution < -0.4 is 11.1 Å². The zero-order chi connectivity index (χ0) is 9.84. The van der Waals surface area contributed by atoms with Gasteiger partial charge in [-0.15, -0.1) is 0 Å². The fourth-order valence-corrected chi connectivity index (χ4v) is 1.36. The van der Waals surface area contributed by atoms with Crippen molar-refractivity contribution < 1.29 is 4.79 Å². The number of nitrogens with two attached hydrogens (primary N) is 1. The van der Waals surface area contributed by atoms with E-state index in [9.17, 15) is 4.79 Å². The lowest BCUT2D eigenvalue weighted by molar-refractivity contribution is -0.123. The first-order valence-electron chi connectivity index (χ1n) is 4.89. The van der Waals surface area contributed by atoms with Crippen molar-refractivity contribution >= 4 is 5.91 Å². The maximum absolute atomic E-state index is 11.3. The van der Waals surface area contributed by atoms with Gasteiger partial charge in [-0.3, -0.25) is 9.69 Å². The highest BCUT2D eigenvalue weighted by atomic mass is 16.2. The lowest BCUT2D eigenvalue weighted by atomic mass is 10.1. The zero-order valence-electron chi connectivity index (χ0n) is 8.42. The van der Waals surface area contributed by atoms with Crippen LogP contribution in [0.25, 0.3) is 0 Å². The van der Waals surface area contributed by atoms with Crippen molar-refractivity contribution in [2.45, 2.75) is 32.4 Å². The Hall–Kier alpha value is -0.610. The quantitative estimate of drug-likeness (QED) is 0.623. The van der Waals surface area contributed by atoms with Gasteiger partial charge >= 0.3 is 0 Å². The predicted octanol–water partition coefficient (Wildman–Crippen LogP) is -0.456. The molecule has 0 aromatic heterocycles. The van der Waals surface area contributed by atoms with Crippen LogP contribution in [0.1, 0.15) is 20.3 Å². The van der Waals surface area contributed by atoms with Crippen LogP contribution in [0.2, 0.25) is 0 Å².